The van der Waals surface area contributed by atoms with Gasteiger partial charge < -0.3 is 14.8 Å². The number of nitrogens with one attached hydrogen (secondary N) is 1. The zero-order chi connectivity index (χ0) is 28.4. The van der Waals surface area contributed by atoms with Crippen molar-refractivity contribution in [3.63, 3.8) is 0 Å². The highest BCUT2D eigenvalue weighted by Crippen LogP contribution is 2.37. The summed E-state index contributed by atoms with van der Waals surface area (Å²) >= 11 is 7.90. The predicted octanol–water partition coefficient (Wildman–Crippen LogP) is 7.53. The van der Waals surface area contributed by atoms with E-state index in [-0.39, 0.29) is 28.6 Å². The number of methoxy groups -OCH3 is 1. The summed E-state index contributed by atoms with van der Waals surface area (Å²) in [7, 11) is 1.42. The molecule has 210 valence electrons. The second-order valence-electron chi connectivity index (χ2n) is 10.9. The van der Waals surface area contributed by atoms with Gasteiger partial charge in [-0.1, -0.05) is 42.8 Å². The molecule has 0 spiro atoms. The smallest absolute Gasteiger partial charge is 0.305 e. The second kappa shape index (κ2) is 14.6. The Morgan fingerprint density at radius 2 is 1.85 bits per heavy atom. The van der Waals surface area contributed by atoms with Gasteiger partial charge in [-0.3, -0.25) is 9.59 Å². The molecule has 3 aromatic rings. The SMILES string of the molecule is COC(=O)CC(C)CCC(SCCC(=O)NC(C)(C)C)c1cccc(OCc2ccc3ccc(Cl)cc3n2)c1. The fourth-order valence-electron chi connectivity index (χ4n) is 4.20. The van der Waals surface area contributed by atoms with Gasteiger partial charge in [0.1, 0.15) is 12.4 Å². The number of fused-ring (bicyclic) bond motifs is 1. The number of hydrogen-bond acceptors (Lipinski definition) is 6. The van der Waals surface area contributed by atoms with Crippen LogP contribution in [0.1, 0.15) is 69.9 Å². The summed E-state index contributed by atoms with van der Waals surface area (Å²) in [5, 5.41) is 4.88. The van der Waals surface area contributed by atoms with Crippen molar-refractivity contribution >= 4 is 46.1 Å². The maximum Gasteiger partial charge on any atom is 0.305 e. The van der Waals surface area contributed by atoms with Gasteiger partial charge in [-0.05, 0) is 75.4 Å². The number of benzene rings is 2. The molecule has 1 heterocycles. The monoisotopic (exact) mass is 570 g/mol. The molecule has 2 unspecified atom stereocenters. The molecule has 1 aromatic heterocycles. The Labute approximate surface area is 241 Å². The third kappa shape index (κ3) is 10.7. The van der Waals surface area contributed by atoms with Crippen molar-refractivity contribution in [3.05, 3.63) is 70.9 Å². The molecule has 2 atom stereocenters. The van der Waals surface area contributed by atoms with Crippen LogP contribution in [0.25, 0.3) is 10.9 Å². The van der Waals surface area contributed by atoms with Crippen molar-refractivity contribution in [1.82, 2.24) is 10.3 Å². The third-order valence-corrected chi connectivity index (χ3v) is 7.74. The Bertz CT molecular complexity index is 1260. The van der Waals surface area contributed by atoms with E-state index in [2.05, 4.69) is 29.4 Å². The molecule has 0 saturated carbocycles. The molecule has 2 aromatic carbocycles. The molecule has 0 fully saturated rings. The van der Waals surface area contributed by atoms with Crippen molar-refractivity contribution in [3.8, 4) is 5.75 Å². The highest BCUT2D eigenvalue weighted by atomic mass is 35.5. The van der Waals surface area contributed by atoms with Gasteiger partial charge in [-0.25, -0.2) is 4.98 Å². The molecule has 6 nitrogen and oxygen atoms in total. The van der Waals surface area contributed by atoms with E-state index in [1.807, 2.05) is 63.2 Å². The molecular weight excluding hydrogens is 532 g/mol. The van der Waals surface area contributed by atoms with Gasteiger partial charge >= 0.3 is 5.97 Å². The second-order valence-corrected chi connectivity index (χ2v) is 12.6. The van der Waals surface area contributed by atoms with Crippen molar-refractivity contribution in [2.24, 2.45) is 5.92 Å². The summed E-state index contributed by atoms with van der Waals surface area (Å²) < 4.78 is 11.0. The van der Waals surface area contributed by atoms with Gasteiger partial charge in [0.15, 0.2) is 0 Å². The van der Waals surface area contributed by atoms with E-state index in [1.54, 1.807) is 11.8 Å². The van der Waals surface area contributed by atoms with Crippen LogP contribution in [-0.4, -0.2) is 35.3 Å². The number of esters is 1. The van der Waals surface area contributed by atoms with E-state index in [4.69, 9.17) is 21.1 Å². The molecule has 39 heavy (non-hydrogen) atoms. The molecule has 0 aliphatic rings. The number of hydrogen-bond donors (Lipinski definition) is 1. The number of amides is 1. The largest absolute Gasteiger partial charge is 0.487 e. The zero-order valence-electron chi connectivity index (χ0n) is 23.5. The molecule has 0 radical (unpaired) electrons. The number of ether oxygens (including phenoxy) is 2. The quantitative estimate of drug-likeness (QED) is 0.214. The van der Waals surface area contributed by atoms with Gasteiger partial charge in [0.2, 0.25) is 5.91 Å². The summed E-state index contributed by atoms with van der Waals surface area (Å²) in [4.78, 5) is 28.8. The topological polar surface area (TPSA) is 77.5 Å². The Morgan fingerprint density at radius 1 is 1.08 bits per heavy atom. The number of nitrogens with zero attached hydrogens (tertiary/aromatic N) is 1. The summed E-state index contributed by atoms with van der Waals surface area (Å²) in [5.74, 6) is 1.53. The van der Waals surface area contributed by atoms with Crippen LogP contribution in [0.2, 0.25) is 5.02 Å². The zero-order valence-corrected chi connectivity index (χ0v) is 25.0. The Balaban J connectivity index is 1.67. The summed E-state index contributed by atoms with van der Waals surface area (Å²) in [6.45, 7) is 8.36. The van der Waals surface area contributed by atoms with Crippen molar-refractivity contribution in [2.75, 3.05) is 12.9 Å². The van der Waals surface area contributed by atoms with Gasteiger partial charge in [0, 0.05) is 39.8 Å². The van der Waals surface area contributed by atoms with Crippen molar-refractivity contribution < 1.29 is 19.1 Å². The van der Waals surface area contributed by atoms with Gasteiger partial charge in [0.25, 0.3) is 0 Å². The van der Waals surface area contributed by atoms with Crippen molar-refractivity contribution in [2.45, 2.75) is 70.8 Å². The summed E-state index contributed by atoms with van der Waals surface area (Å²) in [5.41, 5.74) is 2.55. The minimum atomic E-state index is -0.248. The normalized spacial score (nSPS) is 13.1. The summed E-state index contributed by atoms with van der Waals surface area (Å²) in [6.07, 6.45) is 2.59. The lowest BCUT2D eigenvalue weighted by Crippen LogP contribution is -2.40. The van der Waals surface area contributed by atoms with Gasteiger partial charge in [-0.15, -0.1) is 0 Å². The number of thioether (sulfide) groups is 1. The van der Waals surface area contributed by atoms with E-state index < -0.39 is 0 Å². The van der Waals surface area contributed by atoms with Crippen LogP contribution < -0.4 is 10.1 Å². The van der Waals surface area contributed by atoms with E-state index in [0.717, 1.165) is 40.8 Å². The highest BCUT2D eigenvalue weighted by molar-refractivity contribution is 7.99. The minimum Gasteiger partial charge on any atom is -0.487 e. The fourth-order valence-corrected chi connectivity index (χ4v) is 5.60. The van der Waals surface area contributed by atoms with Crippen LogP contribution in [0.4, 0.5) is 0 Å². The maximum atomic E-state index is 12.4. The average molecular weight is 571 g/mol. The van der Waals surface area contributed by atoms with Crippen LogP contribution in [0.15, 0.2) is 54.6 Å². The lowest BCUT2D eigenvalue weighted by Gasteiger charge is -2.22. The molecule has 3 rings (SSSR count). The molecule has 1 amide bonds. The Kier molecular flexibility index (Phi) is 11.5. The molecular formula is C31H39ClN2O4S. The van der Waals surface area contributed by atoms with E-state index in [9.17, 15) is 9.59 Å². The number of aromatic nitrogens is 1. The summed E-state index contributed by atoms with van der Waals surface area (Å²) in [6, 6.07) is 17.7. The number of pyridine rings is 1. The first-order valence-electron chi connectivity index (χ1n) is 13.3. The number of rotatable bonds is 13. The predicted molar refractivity (Wildman–Crippen MR) is 160 cm³/mol. The molecule has 0 saturated heterocycles. The maximum absolute atomic E-state index is 12.4. The first-order valence-corrected chi connectivity index (χ1v) is 14.7. The highest BCUT2D eigenvalue weighted by Gasteiger charge is 2.19. The number of carbonyl (C=O) groups is 2. The van der Waals surface area contributed by atoms with Crippen LogP contribution >= 0.6 is 23.4 Å². The van der Waals surface area contributed by atoms with Crippen LogP contribution in [0, 0.1) is 5.92 Å². The third-order valence-electron chi connectivity index (χ3n) is 6.16. The van der Waals surface area contributed by atoms with Crippen LogP contribution in [0.5, 0.6) is 5.75 Å². The van der Waals surface area contributed by atoms with Crippen LogP contribution in [-0.2, 0) is 20.9 Å². The molecule has 1 N–H and O–H groups in total. The Morgan fingerprint density at radius 3 is 2.59 bits per heavy atom. The lowest BCUT2D eigenvalue weighted by atomic mass is 9.98. The molecule has 0 aliphatic carbocycles. The van der Waals surface area contributed by atoms with Gasteiger partial charge in [0.05, 0.1) is 18.3 Å². The van der Waals surface area contributed by atoms with Crippen LogP contribution in [0.3, 0.4) is 0 Å². The fraction of sp³-hybridized carbons (Fsp3) is 0.452. The number of halogens is 1. The van der Waals surface area contributed by atoms with Gasteiger partial charge in [-0.2, -0.15) is 11.8 Å². The standard InChI is InChI=1S/C31H39ClN2O4S/c1-21(17-30(36)37-5)9-14-28(39-16-15-29(35)34-31(2,3)4)23-7-6-8-26(18-23)38-20-25-13-11-22-10-12-24(32)19-27(22)33-25/h6-8,10-13,18-19,21,28H,9,14-17,20H2,1-5H3,(H,34,35). The molecule has 0 bridgehead atoms. The molecule has 0 aliphatic heterocycles. The van der Waals surface area contributed by atoms with E-state index >= 15 is 0 Å². The first-order chi connectivity index (χ1) is 18.5. The first kappa shape index (κ1) is 30.8. The van der Waals surface area contributed by atoms with E-state index in [1.165, 1.54) is 7.11 Å². The van der Waals surface area contributed by atoms with Crippen molar-refractivity contribution in [1.29, 1.82) is 0 Å². The lowest BCUT2D eigenvalue weighted by molar-refractivity contribution is -0.141. The minimum absolute atomic E-state index is 0.0501. The average Bonchev–Trinajstić information content (AvgIpc) is 2.88. The van der Waals surface area contributed by atoms with E-state index in [0.29, 0.717) is 30.2 Å². The number of carbonyl (C=O) groups excluding carboxylic acids is 2. The molecule has 8 heteroatoms. The Hall–Kier alpha value is -2.77.